The first kappa shape index (κ1) is 14.1. The van der Waals surface area contributed by atoms with E-state index in [0.717, 1.165) is 0 Å². The Balaban J connectivity index is 2.34. The Labute approximate surface area is 119 Å². The molecule has 2 aromatic rings. The van der Waals surface area contributed by atoms with Gasteiger partial charge in [-0.3, -0.25) is 9.48 Å². The molecule has 106 valence electrons. The van der Waals surface area contributed by atoms with Crippen molar-refractivity contribution in [1.82, 2.24) is 9.78 Å². The fourth-order valence-corrected chi connectivity index (χ4v) is 1.90. The summed E-state index contributed by atoms with van der Waals surface area (Å²) < 4.78 is 11.1. The van der Waals surface area contributed by atoms with Gasteiger partial charge < -0.3 is 14.5 Å². The first-order valence-corrected chi connectivity index (χ1v) is 6.00. The van der Waals surface area contributed by atoms with E-state index in [1.54, 1.807) is 14.0 Å². The minimum Gasteiger partial charge on any atom is -0.465 e. The van der Waals surface area contributed by atoms with Crippen LogP contribution in [-0.4, -0.2) is 28.8 Å². The highest BCUT2D eigenvalue weighted by molar-refractivity contribution is 6.29. The lowest BCUT2D eigenvalue weighted by Crippen LogP contribution is -2.16. The van der Waals surface area contributed by atoms with Crippen molar-refractivity contribution >= 4 is 29.3 Å². The summed E-state index contributed by atoms with van der Waals surface area (Å²) in [6, 6.07) is 2.88. The second-order valence-electron chi connectivity index (χ2n) is 3.98. The average Bonchev–Trinajstić information content (AvgIpc) is 2.94. The van der Waals surface area contributed by atoms with E-state index >= 15 is 0 Å². The quantitative estimate of drug-likeness (QED) is 0.876. The molecule has 0 aromatic carbocycles. The van der Waals surface area contributed by atoms with Crippen molar-refractivity contribution < 1.29 is 18.7 Å². The zero-order valence-corrected chi connectivity index (χ0v) is 11.8. The summed E-state index contributed by atoms with van der Waals surface area (Å²) in [7, 11) is 2.86. The molecule has 1 amide bonds. The number of anilines is 1. The topological polar surface area (TPSA) is 86.4 Å². The number of carbonyl (C=O) groups is 2. The molecule has 0 fully saturated rings. The molecule has 0 bridgehead atoms. The SMILES string of the molecule is COC(=O)c1c(C)nn(C)c1NC(=O)c1ccc(Cl)o1. The van der Waals surface area contributed by atoms with Crippen molar-refractivity contribution in [3.05, 3.63) is 34.4 Å². The molecule has 0 radical (unpaired) electrons. The number of hydrogen-bond donors (Lipinski definition) is 1. The molecule has 0 aliphatic rings. The van der Waals surface area contributed by atoms with Crippen LogP contribution in [0.4, 0.5) is 5.82 Å². The molecule has 2 aromatic heterocycles. The van der Waals surface area contributed by atoms with Crippen molar-refractivity contribution in [3.63, 3.8) is 0 Å². The van der Waals surface area contributed by atoms with Crippen molar-refractivity contribution in [2.75, 3.05) is 12.4 Å². The number of ether oxygens (including phenoxy) is 1. The number of rotatable bonds is 3. The van der Waals surface area contributed by atoms with E-state index in [1.807, 2.05) is 0 Å². The van der Waals surface area contributed by atoms with Crippen molar-refractivity contribution in [1.29, 1.82) is 0 Å². The maximum absolute atomic E-state index is 12.0. The number of furan rings is 1. The molecule has 7 nitrogen and oxygen atoms in total. The molecule has 0 unspecified atom stereocenters. The molecule has 1 N–H and O–H groups in total. The third-order valence-corrected chi connectivity index (χ3v) is 2.84. The predicted octanol–water partition coefficient (Wildman–Crippen LogP) is 2.01. The summed E-state index contributed by atoms with van der Waals surface area (Å²) in [5.41, 5.74) is 0.646. The Kier molecular flexibility index (Phi) is 3.80. The summed E-state index contributed by atoms with van der Waals surface area (Å²) in [5, 5.41) is 6.73. The van der Waals surface area contributed by atoms with Gasteiger partial charge in [-0.2, -0.15) is 5.10 Å². The van der Waals surface area contributed by atoms with Crippen LogP contribution in [0.5, 0.6) is 0 Å². The number of esters is 1. The number of nitrogens with zero attached hydrogens (tertiary/aromatic N) is 2. The number of nitrogens with one attached hydrogen (secondary N) is 1. The van der Waals surface area contributed by atoms with E-state index in [1.165, 1.54) is 23.9 Å². The van der Waals surface area contributed by atoms with Gasteiger partial charge in [-0.1, -0.05) is 0 Å². The third-order valence-electron chi connectivity index (χ3n) is 2.64. The zero-order chi connectivity index (χ0) is 14.9. The van der Waals surface area contributed by atoms with Crippen LogP contribution in [0.15, 0.2) is 16.5 Å². The summed E-state index contributed by atoms with van der Waals surface area (Å²) in [5.74, 6) is -0.857. The standard InChI is InChI=1S/C12H12ClN3O4/c1-6-9(12(18)19-3)10(16(2)15-6)14-11(17)7-4-5-8(13)20-7/h4-5H,1-3H3,(H,14,17). The Morgan fingerprint density at radius 2 is 2.15 bits per heavy atom. The lowest BCUT2D eigenvalue weighted by atomic mass is 10.2. The summed E-state index contributed by atoms with van der Waals surface area (Å²) >= 11 is 5.61. The van der Waals surface area contributed by atoms with E-state index < -0.39 is 11.9 Å². The smallest absolute Gasteiger partial charge is 0.343 e. The van der Waals surface area contributed by atoms with Gasteiger partial charge in [-0.05, 0) is 30.7 Å². The second kappa shape index (κ2) is 5.38. The summed E-state index contributed by atoms with van der Waals surface area (Å²) in [4.78, 5) is 23.7. The van der Waals surface area contributed by atoms with Crippen LogP contribution in [0.2, 0.25) is 5.22 Å². The molecule has 20 heavy (non-hydrogen) atoms. The van der Waals surface area contributed by atoms with Gasteiger partial charge in [0.05, 0.1) is 12.8 Å². The molecule has 2 rings (SSSR count). The monoisotopic (exact) mass is 297 g/mol. The molecular weight excluding hydrogens is 286 g/mol. The van der Waals surface area contributed by atoms with Gasteiger partial charge in [0.15, 0.2) is 11.0 Å². The highest BCUT2D eigenvalue weighted by Crippen LogP contribution is 2.21. The van der Waals surface area contributed by atoms with E-state index in [2.05, 4.69) is 15.2 Å². The van der Waals surface area contributed by atoms with Gasteiger partial charge >= 0.3 is 5.97 Å². The normalized spacial score (nSPS) is 10.4. The third kappa shape index (κ3) is 2.53. The number of hydrogen-bond acceptors (Lipinski definition) is 5. The second-order valence-corrected chi connectivity index (χ2v) is 4.35. The highest BCUT2D eigenvalue weighted by Gasteiger charge is 2.23. The van der Waals surface area contributed by atoms with E-state index in [0.29, 0.717) is 5.69 Å². The molecule has 8 heteroatoms. The molecule has 0 spiro atoms. The van der Waals surface area contributed by atoms with Crippen LogP contribution in [0, 0.1) is 6.92 Å². The molecule has 0 aliphatic carbocycles. The predicted molar refractivity (Wildman–Crippen MR) is 71.0 cm³/mol. The maximum atomic E-state index is 12.0. The lowest BCUT2D eigenvalue weighted by Gasteiger charge is -2.06. The number of halogens is 1. The Hall–Kier alpha value is -2.28. The van der Waals surface area contributed by atoms with Gasteiger partial charge in [-0.15, -0.1) is 0 Å². The van der Waals surface area contributed by atoms with Crippen LogP contribution < -0.4 is 5.32 Å². The fourth-order valence-electron chi connectivity index (χ4n) is 1.75. The number of amides is 1. The van der Waals surface area contributed by atoms with Crippen LogP contribution in [0.3, 0.4) is 0 Å². The zero-order valence-electron chi connectivity index (χ0n) is 11.1. The van der Waals surface area contributed by atoms with Crippen LogP contribution >= 0.6 is 11.6 Å². The largest absolute Gasteiger partial charge is 0.465 e. The summed E-state index contributed by atoms with van der Waals surface area (Å²) in [6.07, 6.45) is 0. The minimum atomic E-state index is -0.580. The Bertz CT molecular complexity index is 674. The van der Waals surface area contributed by atoms with Crippen LogP contribution in [0.25, 0.3) is 0 Å². The van der Waals surface area contributed by atoms with E-state index in [4.69, 9.17) is 16.0 Å². The summed E-state index contributed by atoms with van der Waals surface area (Å²) in [6.45, 7) is 1.64. The number of aryl methyl sites for hydroxylation is 2. The minimum absolute atomic E-state index is 0.0321. The molecule has 0 saturated heterocycles. The molecule has 0 saturated carbocycles. The van der Waals surface area contributed by atoms with Gasteiger partial charge in [0, 0.05) is 7.05 Å². The van der Waals surface area contributed by atoms with Gasteiger partial charge in [0.1, 0.15) is 11.4 Å². The van der Waals surface area contributed by atoms with Crippen molar-refractivity contribution in [2.24, 2.45) is 7.05 Å². The Morgan fingerprint density at radius 1 is 1.45 bits per heavy atom. The number of methoxy groups -OCH3 is 1. The Morgan fingerprint density at radius 3 is 2.70 bits per heavy atom. The molecule has 2 heterocycles. The number of aromatic nitrogens is 2. The molecular formula is C12H12ClN3O4. The number of carbonyl (C=O) groups excluding carboxylic acids is 2. The van der Waals surface area contributed by atoms with E-state index in [9.17, 15) is 9.59 Å². The first-order chi connectivity index (χ1) is 9.43. The average molecular weight is 298 g/mol. The molecule has 0 atom stereocenters. The van der Waals surface area contributed by atoms with Crippen LogP contribution in [-0.2, 0) is 11.8 Å². The first-order valence-electron chi connectivity index (χ1n) is 5.62. The van der Waals surface area contributed by atoms with Gasteiger partial charge in [-0.25, -0.2) is 4.79 Å². The molecule has 0 aliphatic heterocycles. The van der Waals surface area contributed by atoms with Crippen molar-refractivity contribution in [3.8, 4) is 0 Å². The fraction of sp³-hybridized carbons (Fsp3) is 0.250. The van der Waals surface area contributed by atoms with Gasteiger partial charge in [0.25, 0.3) is 5.91 Å². The lowest BCUT2D eigenvalue weighted by molar-refractivity contribution is 0.0601. The van der Waals surface area contributed by atoms with E-state index in [-0.39, 0.29) is 22.4 Å². The van der Waals surface area contributed by atoms with Gasteiger partial charge in [0.2, 0.25) is 0 Å². The highest BCUT2D eigenvalue weighted by atomic mass is 35.5. The van der Waals surface area contributed by atoms with Crippen molar-refractivity contribution in [2.45, 2.75) is 6.92 Å². The maximum Gasteiger partial charge on any atom is 0.343 e. The van der Waals surface area contributed by atoms with Crippen LogP contribution in [0.1, 0.15) is 26.6 Å².